The zero-order valence-electron chi connectivity index (χ0n) is 17.4. The summed E-state index contributed by atoms with van der Waals surface area (Å²) in [6.45, 7) is 4.20. The fraction of sp³-hybridized carbons (Fsp3) is 0.636. The molecule has 30 heavy (non-hydrogen) atoms. The normalized spacial score (nSPS) is 37.4. The maximum Gasteiger partial charge on any atom is 0.330 e. The Labute approximate surface area is 185 Å². The van der Waals surface area contributed by atoms with Crippen molar-refractivity contribution in [3.63, 3.8) is 0 Å². The quantitative estimate of drug-likeness (QED) is 0.625. The van der Waals surface area contributed by atoms with Crippen LogP contribution in [-0.4, -0.2) is 46.1 Å². The second kappa shape index (κ2) is 9.02. The molecule has 2 bridgehead atoms. The minimum absolute atomic E-state index is 0.160. The summed E-state index contributed by atoms with van der Waals surface area (Å²) in [4.78, 5) is 25.6. The number of amides is 1. The number of aryl methyl sites for hydroxylation is 1. The van der Waals surface area contributed by atoms with Crippen molar-refractivity contribution in [3.8, 4) is 0 Å². The molecule has 3 aliphatic heterocycles. The van der Waals surface area contributed by atoms with Gasteiger partial charge in [-0.05, 0) is 55.5 Å². The first kappa shape index (κ1) is 21.9. The van der Waals surface area contributed by atoms with Crippen molar-refractivity contribution in [1.82, 2.24) is 5.32 Å². The number of aliphatic hydroxyl groups is 1. The monoisotopic (exact) mass is 451 g/mol. The van der Waals surface area contributed by atoms with E-state index in [9.17, 15) is 14.7 Å². The summed E-state index contributed by atoms with van der Waals surface area (Å²) in [5, 5.41) is 16.0. The van der Waals surface area contributed by atoms with Crippen molar-refractivity contribution in [3.05, 3.63) is 33.5 Å². The van der Waals surface area contributed by atoms with Gasteiger partial charge in [0.05, 0.1) is 12.1 Å². The average Bonchev–Trinajstić information content (AvgIpc) is 3.32. The largest absolute Gasteiger partial charge is 0.459 e. The molecule has 3 aliphatic rings. The second-order valence-electron chi connectivity index (χ2n) is 8.66. The number of hydrogen-bond acceptors (Lipinski definition) is 7. The predicted molar refractivity (Wildman–Crippen MR) is 118 cm³/mol. The van der Waals surface area contributed by atoms with Gasteiger partial charge in [0.25, 0.3) is 5.24 Å². The summed E-state index contributed by atoms with van der Waals surface area (Å²) in [7, 11) is 0. The number of rotatable bonds is 1. The van der Waals surface area contributed by atoms with Crippen LogP contribution < -0.4 is 5.32 Å². The third-order valence-electron chi connectivity index (χ3n) is 6.22. The van der Waals surface area contributed by atoms with Crippen LogP contribution in [0.15, 0.2) is 23.1 Å². The lowest BCUT2D eigenvalue weighted by Gasteiger charge is -2.43. The first-order valence-electron chi connectivity index (χ1n) is 10.6. The molecule has 2 saturated heterocycles. The standard InChI is InChI=1S/C22H29NO5S2/c1-13-3-5-15-7-8-29-20(15)14(2)4-6-16-10-17(27-19(24)9-13)11-22(26,28-16)18-12-30-21(25)23-18/h7-9,14,16-18,26H,3-6,10-12H2,1-2H3,(H,23,25)/b13-9-/t14-,16?,17+,18-,22+/m0/s1. The Morgan fingerprint density at radius 3 is 2.83 bits per heavy atom. The van der Waals surface area contributed by atoms with E-state index in [1.54, 1.807) is 17.4 Å². The van der Waals surface area contributed by atoms with E-state index in [1.165, 1.54) is 10.4 Å². The smallest absolute Gasteiger partial charge is 0.330 e. The Hall–Kier alpha value is -1.35. The molecule has 1 aromatic rings. The molecule has 1 aromatic heterocycles. The third kappa shape index (κ3) is 4.93. The molecule has 6 nitrogen and oxygen atoms in total. The minimum Gasteiger partial charge on any atom is -0.459 e. The molecule has 2 N–H and O–H groups in total. The van der Waals surface area contributed by atoms with Crippen molar-refractivity contribution >= 4 is 34.3 Å². The van der Waals surface area contributed by atoms with E-state index in [0.29, 0.717) is 18.1 Å². The number of thiophene rings is 1. The first-order chi connectivity index (χ1) is 14.3. The molecule has 0 aliphatic carbocycles. The Kier molecular flexibility index (Phi) is 6.58. The Morgan fingerprint density at radius 2 is 2.07 bits per heavy atom. The molecule has 4 heterocycles. The maximum absolute atomic E-state index is 12.5. The lowest BCUT2D eigenvalue weighted by Crippen LogP contribution is -2.58. The predicted octanol–water partition coefficient (Wildman–Crippen LogP) is 4.13. The van der Waals surface area contributed by atoms with Crippen LogP contribution >= 0.6 is 23.1 Å². The molecule has 1 unspecified atom stereocenters. The van der Waals surface area contributed by atoms with E-state index in [4.69, 9.17) is 9.47 Å². The van der Waals surface area contributed by atoms with Gasteiger partial charge in [-0.15, -0.1) is 11.3 Å². The van der Waals surface area contributed by atoms with E-state index in [-0.39, 0.29) is 23.7 Å². The Morgan fingerprint density at radius 1 is 1.23 bits per heavy atom. The third-order valence-corrected chi connectivity index (χ3v) is 8.29. The van der Waals surface area contributed by atoms with Gasteiger partial charge in [-0.1, -0.05) is 24.3 Å². The van der Waals surface area contributed by atoms with Crippen LogP contribution in [0.2, 0.25) is 0 Å². The molecule has 0 spiro atoms. The van der Waals surface area contributed by atoms with Gasteiger partial charge in [-0.2, -0.15) is 0 Å². The molecule has 4 rings (SSSR count). The van der Waals surface area contributed by atoms with Crippen LogP contribution in [0.3, 0.4) is 0 Å². The van der Waals surface area contributed by atoms with Gasteiger partial charge in [0.2, 0.25) is 0 Å². The maximum atomic E-state index is 12.5. The van der Waals surface area contributed by atoms with Crippen LogP contribution in [0.25, 0.3) is 0 Å². The molecule has 2 fully saturated rings. The Bertz CT molecular complexity index is 837. The lowest BCUT2D eigenvalue weighted by atomic mass is 9.89. The molecule has 0 radical (unpaired) electrons. The van der Waals surface area contributed by atoms with Crippen molar-refractivity contribution in [2.75, 3.05) is 5.75 Å². The number of allylic oxidation sites excluding steroid dienone is 1. The van der Waals surface area contributed by atoms with Gasteiger partial charge >= 0.3 is 5.97 Å². The molecule has 0 aromatic carbocycles. The van der Waals surface area contributed by atoms with Crippen LogP contribution in [0.1, 0.15) is 62.3 Å². The summed E-state index contributed by atoms with van der Waals surface area (Å²) in [5.74, 6) is -1.06. The first-order valence-corrected chi connectivity index (χ1v) is 12.5. The van der Waals surface area contributed by atoms with Gasteiger partial charge in [-0.25, -0.2) is 4.79 Å². The number of fused-ring (bicyclic) bond motifs is 3. The number of ether oxygens (including phenoxy) is 2. The zero-order valence-corrected chi connectivity index (χ0v) is 19.0. The number of nitrogens with one attached hydrogen (secondary N) is 1. The van der Waals surface area contributed by atoms with Gasteiger partial charge in [0.15, 0.2) is 5.79 Å². The zero-order chi connectivity index (χ0) is 21.3. The van der Waals surface area contributed by atoms with Crippen molar-refractivity contribution in [2.45, 2.75) is 82.3 Å². The van der Waals surface area contributed by atoms with Crippen LogP contribution in [0, 0.1) is 0 Å². The number of esters is 1. The average molecular weight is 452 g/mol. The summed E-state index contributed by atoms with van der Waals surface area (Å²) < 4.78 is 11.9. The lowest BCUT2D eigenvalue weighted by molar-refractivity contribution is -0.283. The van der Waals surface area contributed by atoms with Gasteiger partial charge in [0.1, 0.15) is 6.10 Å². The molecule has 0 saturated carbocycles. The van der Waals surface area contributed by atoms with Crippen molar-refractivity contribution in [1.29, 1.82) is 0 Å². The van der Waals surface area contributed by atoms with Crippen LogP contribution in [-0.2, 0) is 20.7 Å². The summed E-state index contributed by atoms with van der Waals surface area (Å²) in [6.07, 6.45) is 5.03. The van der Waals surface area contributed by atoms with Crippen molar-refractivity contribution < 1.29 is 24.2 Å². The summed E-state index contributed by atoms with van der Waals surface area (Å²) in [5.41, 5.74) is 2.33. The van der Waals surface area contributed by atoms with Crippen LogP contribution in [0.5, 0.6) is 0 Å². The van der Waals surface area contributed by atoms with Gasteiger partial charge in [-0.3, -0.25) is 4.79 Å². The highest BCUT2D eigenvalue weighted by Gasteiger charge is 2.49. The molecular formula is C22H29NO5S2. The van der Waals surface area contributed by atoms with E-state index in [0.717, 1.165) is 43.0 Å². The number of carbonyl (C=O) groups is 2. The highest BCUT2D eigenvalue weighted by molar-refractivity contribution is 8.14. The van der Waals surface area contributed by atoms with Crippen molar-refractivity contribution in [2.24, 2.45) is 0 Å². The summed E-state index contributed by atoms with van der Waals surface area (Å²) >= 11 is 2.93. The van der Waals surface area contributed by atoms with E-state index >= 15 is 0 Å². The number of hydrogen-bond donors (Lipinski definition) is 2. The van der Waals surface area contributed by atoms with Gasteiger partial charge < -0.3 is 19.9 Å². The SMILES string of the molecule is C/C1=C/C(=O)O[C@@H]2CC(CC[C@H](C)c3sccc3CC1)O[C@@](O)([C@@H]1CSC(=O)N1)C2. The van der Waals surface area contributed by atoms with Crippen LogP contribution in [0.4, 0.5) is 4.79 Å². The number of thioether (sulfide) groups is 1. The van der Waals surface area contributed by atoms with E-state index in [1.807, 2.05) is 6.92 Å². The highest BCUT2D eigenvalue weighted by Crippen LogP contribution is 2.38. The van der Waals surface area contributed by atoms with E-state index in [2.05, 4.69) is 23.7 Å². The van der Waals surface area contributed by atoms with Gasteiger partial charge in [0, 0.05) is 29.5 Å². The molecule has 164 valence electrons. The topological polar surface area (TPSA) is 84.9 Å². The minimum atomic E-state index is -1.53. The second-order valence-corrected chi connectivity index (χ2v) is 10.6. The van der Waals surface area contributed by atoms with E-state index < -0.39 is 17.9 Å². The Balaban J connectivity index is 1.58. The molecule has 1 amide bonds. The highest BCUT2D eigenvalue weighted by atomic mass is 32.2. The molecule has 5 atom stereocenters. The molecule has 8 heteroatoms. The summed E-state index contributed by atoms with van der Waals surface area (Å²) in [6, 6.07) is 1.68. The fourth-order valence-electron chi connectivity index (χ4n) is 4.56. The fourth-order valence-corrected chi connectivity index (χ4v) is 6.50. The molecular weight excluding hydrogens is 422 g/mol. The number of carbonyl (C=O) groups excluding carboxylic acids is 2.